The number of nitrogens with zero attached hydrogens (tertiary/aromatic N) is 1. The Morgan fingerprint density at radius 2 is 2.21 bits per heavy atom. The molecule has 1 unspecified atom stereocenters. The zero-order valence-electron chi connectivity index (χ0n) is 9.74. The molecule has 19 heavy (non-hydrogen) atoms. The van der Waals surface area contributed by atoms with Crippen LogP contribution in [0, 0.1) is 0 Å². The molecule has 0 aliphatic carbocycles. The summed E-state index contributed by atoms with van der Waals surface area (Å²) in [4.78, 5) is 26.9. The fourth-order valence-corrected chi connectivity index (χ4v) is 2.29. The Hall–Kier alpha value is -2.41. The van der Waals surface area contributed by atoms with Crippen molar-refractivity contribution in [2.75, 3.05) is 5.32 Å². The third-order valence-corrected chi connectivity index (χ3v) is 3.35. The van der Waals surface area contributed by atoms with Crippen LogP contribution >= 0.6 is 11.3 Å². The quantitative estimate of drug-likeness (QED) is 0.767. The summed E-state index contributed by atoms with van der Waals surface area (Å²) in [6.07, 6.45) is 1.40. The molecule has 98 valence electrons. The second-order valence-corrected chi connectivity index (χ2v) is 4.70. The highest BCUT2D eigenvalue weighted by molar-refractivity contribution is 7.10. The van der Waals surface area contributed by atoms with E-state index in [0.29, 0.717) is 4.88 Å². The Bertz CT molecular complexity index is 598. The van der Waals surface area contributed by atoms with Gasteiger partial charge in [-0.1, -0.05) is 6.07 Å². The van der Waals surface area contributed by atoms with E-state index in [1.165, 1.54) is 29.7 Å². The van der Waals surface area contributed by atoms with E-state index in [0.717, 1.165) is 0 Å². The molecule has 2 aromatic heterocycles. The van der Waals surface area contributed by atoms with Gasteiger partial charge in [0.1, 0.15) is 5.82 Å². The minimum absolute atomic E-state index is 0.271. The highest BCUT2D eigenvalue weighted by Gasteiger charge is 2.21. The number of carboxylic acids is 1. The monoisotopic (exact) mass is 277 g/mol. The van der Waals surface area contributed by atoms with Crippen LogP contribution in [0.2, 0.25) is 0 Å². The topological polar surface area (TPSA) is 105 Å². The van der Waals surface area contributed by atoms with Crippen molar-refractivity contribution >= 4 is 29.0 Å². The van der Waals surface area contributed by atoms with E-state index in [2.05, 4.69) is 10.3 Å². The van der Waals surface area contributed by atoms with E-state index in [-0.39, 0.29) is 11.4 Å². The summed E-state index contributed by atoms with van der Waals surface area (Å²) in [5.41, 5.74) is 5.43. The molecule has 4 N–H and O–H groups in total. The van der Waals surface area contributed by atoms with E-state index < -0.39 is 17.9 Å². The van der Waals surface area contributed by atoms with Crippen molar-refractivity contribution in [3.05, 3.63) is 46.3 Å². The molecule has 0 fully saturated rings. The lowest BCUT2D eigenvalue weighted by Gasteiger charge is -2.13. The van der Waals surface area contributed by atoms with Gasteiger partial charge in [-0.05, 0) is 23.6 Å². The van der Waals surface area contributed by atoms with Gasteiger partial charge in [0.15, 0.2) is 6.04 Å². The second-order valence-electron chi connectivity index (χ2n) is 3.73. The van der Waals surface area contributed by atoms with Gasteiger partial charge in [0.25, 0.3) is 0 Å². The van der Waals surface area contributed by atoms with Gasteiger partial charge >= 0.3 is 5.97 Å². The minimum atomic E-state index is -1.02. The van der Waals surface area contributed by atoms with Gasteiger partial charge in [-0.2, -0.15) is 0 Å². The molecule has 0 aliphatic rings. The molecule has 2 rings (SSSR count). The Morgan fingerprint density at radius 3 is 2.79 bits per heavy atom. The minimum Gasteiger partial charge on any atom is -0.479 e. The lowest BCUT2D eigenvalue weighted by atomic mass is 10.2. The number of carbonyl (C=O) groups excluding carboxylic acids is 1. The van der Waals surface area contributed by atoms with Gasteiger partial charge in [0.05, 0.1) is 0 Å². The zero-order chi connectivity index (χ0) is 13.8. The van der Waals surface area contributed by atoms with E-state index in [1.54, 1.807) is 17.5 Å². The van der Waals surface area contributed by atoms with E-state index in [1.807, 2.05) is 0 Å². The van der Waals surface area contributed by atoms with Crippen molar-refractivity contribution in [2.24, 2.45) is 5.73 Å². The number of anilines is 1. The number of rotatable bonds is 5. The maximum absolute atomic E-state index is 11.2. The third-order valence-electron chi connectivity index (χ3n) is 2.41. The van der Waals surface area contributed by atoms with E-state index in [9.17, 15) is 14.7 Å². The highest BCUT2D eigenvalue weighted by Crippen LogP contribution is 2.23. The van der Waals surface area contributed by atoms with E-state index >= 15 is 0 Å². The predicted octanol–water partition coefficient (Wildman–Crippen LogP) is 1.48. The van der Waals surface area contributed by atoms with Gasteiger partial charge in [0.2, 0.25) is 5.91 Å². The summed E-state index contributed by atoms with van der Waals surface area (Å²) in [6.45, 7) is 0. The molecule has 0 bridgehead atoms. The number of amides is 1. The number of pyridine rings is 1. The molecule has 6 nitrogen and oxygen atoms in total. The molecule has 0 aliphatic heterocycles. The van der Waals surface area contributed by atoms with Crippen LogP contribution in [0.1, 0.15) is 21.3 Å². The number of hydrogen-bond donors (Lipinski definition) is 3. The molecule has 2 heterocycles. The fraction of sp³-hybridized carbons (Fsp3) is 0.0833. The van der Waals surface area contributed by atoms with Crippen LogP contribution in [0.5, 0.6) is 0 Å². The number of nitrogens with two attached hydrogens (primary N) is 1. The number of primary amides is 1. The van der Waals surface area contributed by atoms with Crippen LogP contribution in [0.25, 0.3) is 0 Å². The summed E-state index contributed by atoms with van der Waals surface area (Å²) in [6, 6.07) is 5.47. The lowest BCUT2D eigenvalue weighted by molar-refractivity contribution is -0.138. The van der Waals surface area contributed by atoms with Gasteiger partial charge in [-0.3, -0.25) is 4.79 Å². The number of aromatic nitrogens is 1. The third kappa shape index (κ3) is 3.08. The van der Waals surface area contributed by atoms with Crippen molar-refractivity contribution < 1.29 is 14.7 Å². The fourth-order valence-electron chi connectivity index (χ4n) is 1.52. The number of carboxylic acid groups (broad SMARTS) is 1. The SMILES string of the molecule is NC(=O)c1ccnc(NC(C(=O)O)c2cccs2)c1. The first-order valence-electron chi connectivity index (χ1n) is 5.36. The van der Waals surface area contributed by atoms with Crippen molar-refractivity contribution in [1.82, 2.24) is 4.98 Å². The first-order valence-corrected chi connectivity index (χ1v) is 6.24. The standard InChI is InChI=1S/C12H11N3O3S/c13-11(16)7-3-4-14-9(6-7)15-10(12(17)18)8-2-1-5-19-8/h1-6,10H,(H2,13,16)(H,14,15)(H,17,18). The van der Waals surface area contributed by atoms with E-state index in [4.69, 9.17) is 5.73 Å². The van der Waals surface area contributed by atoms with Gasteiger partial charge < -0.3 is 16.2 Å². The predicted molar refractivity (Wildman–Crippen MR) is 71.1 cm³/mol. The zero-order valence-corrected chi connectivity index (χ0v) is 10.6. The number of nitrogens with one attached hydrogen (secondary N) is 1. The average Bonchev–Trinajstić information content (AvgIpc) is 2.89. The smallest absolute Gasteiger partial charge is 0.331 e. The van der Waals surface area contributed by atoms with Crippen molar-refractivity contribution in [3.8, 4) is 0 Å². The molecule has 0 radical (unpaired) electrons. The summed E-state index contributed by atoms with van der Waals surface area (Å²) in [5, 5.41) is 13.8. The molecule has 0 spiro atoms. The molecular formula is C12H11N3O3S. The van der Waals surface area contributed by atoms with Crippen molar-refractivity contribution in [2.45, 2.75) is 6.04 Å². The molecule has 0 saturated carbocycles. The number of thiophene rings is 1. The maximum Gasteiger partial charge on any atom is 0.331 e. The van der Waals surface area contributed by atoms with Crippen molar-refractivity contribution in [3.63, 3.8) is 0 Å². The molecular weight excluding hydrogens is 266 g/mol. The van der Waals surface area contributed by atoms with Gasteiger partial charge in [0, 0.05) is 16.6 Å². The Kier molecular flexibility index (Phi) is 3.76. The second kappa shape index (κ2) is 5.49. The van der Waals surface area contributed by atoms with Crippen LogP contribution in [-0.4, -0.2) is 22.0 Å². The Labute approximate surface area is 112 Å². The molecule has 1 atom stereocenters. The normalized spacial score (nSPS) is 11.8. The average molecular weight is 277 g/mol. The molecule has 2 aromatic rings. The largest absolute Gasteiger partial charge is 0.479 e. The van der Waals surface area contributed by atoms with Gasteiger partial charge in [-0.15, -0.1) is 11.3 Å². The Morgan fingerprint density at radius 1 is 1.42 bits per heavy atom. The Balaban J connectivity index is 2.25. The van der Waals surface area contributed by atoms with Crippen LogP contribution < -0.4 is 11.1 Å². The first-order chi connectivity index (χ1) is 9.08. The number of carbonyl (C=O) groups is 2. The van der Waals surface area contributed by atoms with Crippen LogP contribution in [0.3, 0.4) is 0 Å². The van der Waals surface area contributed by atoms with Crippen LogP contribution in [0.15, 0.2) is 35.8 Å². The number of aliphatic carboxylic acids is 1. The maximum atomic E-state index is 11.2. The van der Waals surface area contributed by atoms with Crippen LogP contribution in [0.4, 0.5) is 5.82 Å². The summed E-state index contributed by atoms with van der Waals surface area (Å²) < 4.78 is 0. The molecule has 0 aromatic carbocycles. The number of hydrogen-bond acceptors (Lipinski definition) is 5. The molecule has 1 amide bonds. The summed E-state index contributed by atoms with van der Waals surface area (Å²) in [5.74, 6) is -1.32. The first kappa shape index (κ1) is 13.0. The van der Waals surface area contributed by atoms with Crippen LogP contribution in [-0.2, 0) is 4.79 Å². The molecule has 0 saturated heterocycles. The highest BCUT2D eigenvalue weighted by atomic mass is 32.1. The summed E-state index contributed by atoms with van der Waals surface area (Å²) in [7, 11) is 0. The van der Waals surface area contributed by atoms with Crippen molar-refractivity contribution in [1.29, 1.82) is 0 Å². The summed E-state index contributed by atoms with van der Waals surface area (Å²) >= 11 is 1.33. The molecule has 7 heteroatoms. The van der Waals surface area contributed by atoms with Gasteiger partial charge in [-0.25, -0.2) is 9.78 Å². The lowest BCUT2D eigenvalue weighted by Crippen LogP contribution is -2.20.